The van der Waals surface area contributed by atoms with Crippen LogP contribution in [0.1, 0.15) is 19.3 Å². The first kappa shape index (κ1) is 12.7. The smallest absolute Gasteiger partial charge is 0.133 e. The van der Waals surface area contributed by atoms with Crippen LogP contribution in [-0.2, 0) is 0 Å². The third kappa shape index (κ3) is 3.64. The molecule has 0 saturated heterocycles. The Bertz CT molecular complexity index is 451. The van der Waals surface area contributed by atoms with Crippen LogP contribution in [0.25, 0.3) is 11.3 Å². The van der Waals surface area contributed by atoms with Crippen molar-refractivity contribution in [1.82, 2.24) is 0 Å². The van der Waals surface area contributed by atoms with E-state index in [1.807, 2.05) is 18.2 Å². The van der Waals surface area contributed by atoms with Gasteiger partial charge in [-0.25, -0.2) is 0 Å². The summed E-state index contributed by atoms with van der Waals surface area (Å²) < 4.78 is 5.39. The van der Waals surface area contributed by atoms with Crippen LogP contribution >= 0.6 is 0 Å². The maximum atomic E-state index is 5.47. The number of nitrogens with two attached hydrogens (primary N) is 1. The maximum Gasteiger partial charge on any atom is 0.133 e. The van der Waals surface area contributed by atoms with Crippen molar-refractivity contribution in [2.45, 2.75) is 19.3 Å². The van der Waals surface area contributed by atoms with Gasteiger partial charge in [-0.05, 0) is 43.7 Å². The molecule has 3 N–H and O–H groups in total. The first-order valence-electron chi connectivity index (χ1n) is 6.48. The van der Waals surface area contributed by atoms with Crippen molar-refractivity contribution in [3.63, 3.8) is 0 Å². The second-order valence-electron chi connectivity index (χ2n) is 4.33. The highest BCUT2D eigenvalue weighted by Gasteiger charge is 2.01. The molecule has 0 aliphatic carbocycles. The third-order valence-corrected chi connectivity index (χ3v) is 2.88. The van der Waals surface area contributed by atoms with E-state index in [1.165, 1.54) is 6.42 Å². The van der Waals surface area contributed by atoms with Gasteiger partial charge in [-0.1, -0.05) is 18.6 Å². The van der Waals surface area contributed by atoms with Crippen molar-refractivity contribution >= 4 is 5.69 Å². The summed E-state index contributed by atoms with van der Waals surface area (Å²) in [4.78, 5) is 0. The van der Waals surface area contributed by atoms with Gasteiger partial charge < -0.3 is 15.5 Å². The van der Waals surface area contributed by atoms with Crippen LogP contribution < -0.4 is 11.1 Å². The van der Waals surface area contributed by atoms with Crippen LogP contribution in [0.3, 0.4) is 0 Å². The van der Waals surface area contributed by atoms with E-state index < -0.39 is 0 Å². The lowest BCUT2D eigenvalue weighted by atomic mass is 10.1. The van der Waals surface area contributed by atoms with Gasteiger partial charge in [0.05, 0.1) is 6.26 Å². The van der Waals surface area contributed by atoms with Gasteiger partial charge >= 0.3 is 0 Å². The highest BCUT2D eigenvalue weighted by molar-refractivity contribution is 5.63. The van der Waals surface area contributed by atoms with E-state index in [9.17, 15) is 0 Å². The molecule has 3 nitrogen and oxygen atoms in total. The minimum atomic E-state index is 0.786. The van der Waals surface area contributed by atoms with Gasteiger partial charge in [0.15, 0.2) is 0 Å². The fraction of sp³-hybridized carbons (Fsp3) is 0.333. The highest BCUT2D eigenvalue weighted by atomic mass is 16.3. The average Bonchev–Trinajstić information content (AvgIpc) is 2.93. The maximum absolute atomic E-state index is 5.47. The molecule has 0 aliphatic rings. The van der Waals surface area contributed by atoms with Crippen molar-refractivity contribution in [1.29, 1.82) is 0 Å². The number of furan rings is 1. The van der Waals surface area contributed by atoms with E-state index in [4.69, 9.17) is 10.2 Å². The topological polar surface area (TPSA) is 51.2 Å². The molecule has 0 aliphatic heterocycles. The summed E-state index contributed by atoms with van der Waals surface area (Å²) in [6, 6.07) is 12.2. The van der Waals surface area contributed by atoms with Crippen molar-refractivity contribution in [2.75, 3.05) is 18.4 Å². The van der Waals surface area contributed by atoms with Gasteiger partial charge in [-0.2, -0.15) is 0 Å². The lowest BCUT2D eigenvalue weighted by Gasteiger charge is -2.07. The van der Waals surface area contributed by atoms with Crippen molar-refractivity contribution in [2.24, 2.45) is 5.73 Å². The van der Waals surface area contributed by atoms with Crippen molar-refractivity contribution in [3.8, 4) is 11.3 Å². The summed E-state index contributed by atoms with van der Waals surface area (Å²) in [7, 11) is 0. The zero-order chi connectivity index (χ0) is 12.6. The molecule has 0 atom stereocenters. The minimum Gasteiger partial charge on any atom is -0.464 e. The Morgan fingerprint density at radius 1 is 1.06 bits per heavy atom. The SMILES string of the molecule is NCCCCCNc1cccc(-c2ccco2)c1. The van der Waals surface area contributed by atoms with Crippen molar-refractivity contribution in [3.05, 3.63) is 42.7 Å². The van der Waals surface area contributed by atoms with Gasteiger partial charge in [0.2, 0.25) is 0 Å². The summed E-state index contributed by atoms with van der Waals surface area (Å²) in [5, 5.41) is 3.42. The molecule has 0 radical (unpaired) electrons. The summed E-state index contributed by atoms with van der Waals surface area (Å²) in [6.07, 6.45) is 5.14. The van der Waals surface area contributed by atoms with Crippen LogP contribution in [-0.4, -0.2) is 13.1 Å². The largest absolute Gasteiger partial charge is 0.464 e. The Morgan fingerprint density at radius 3 is 2.78 bits per heavy atom. The molecule has 18 heavy (non-hydrogen) atoms. The number of benzene rings is 1. The first-order valence-corrected chi connectivity index (χ1v) is 6.48. The van der Waals surface area contributed by atoms with Crippen LogP contribution in [0.5, 0.6) is 0 Å². The zero-order valence-corrected chi connectivity index (χ0v) is 10.6. The van der Waals surface area contributed by atoms with E-state index in [-0.39, 0.29) is 0 Å². The molecular formula is C15H20N2O. The third-order valence-electron chi connectivity index (χ3n) is 2.88. The summed E-state index contributed by atoms with van der Waals surface area (Å²) >= 11 is 0. The van der Waals surface area contributed by atoms with Crippen LogP contribution in [0.15, 0.2) is 47.1 Å². The number of hydrogen-bond acceptors (Lipinski definition) is 3. The Morgan fingerprint density at radius 2 is 2.00 bits per heavy atom. The van der Waals surface area contributed by atoms with Gasteiger partial charge in [0, 0.05) is 17.8 Å². The fourth-order valence-electron chi connectivity index (χ4n) is 1.90. The second kappa shape index (κ2) is 6.87. The van der Waals surface area contributed by atoms with E-state index in [0.717, 1.165) is 42.9 Å². The molecule has 0 fully saturated rings. The number of anilines is 1. The average molecular weight is 244 g/mol. The van der Waals surface area contributed by atoms with Gasteiger partial charge in [-0.15, -0.1) is 0 Å². The van der Waals surface area contributed by atoms with Gasteiger partial charge in [-0.3, -0.25) is 0 Å². The Kier molecular flexibility index (Phi) is 4.85. The van der Waals surface area contributed by atoms with Gasteiger partial charge in [0.1, 0.15) is 5.76 Å². The number of unbranched alkanes of at least 4 members (excludes halogenated alkanes) is 2. The molecule has 2 aromatic rings. The molecule has 0 bridgehead atoms. The zero-order valence-electron chi connectivity index (χ0n) is 10.6. The molecule has 1 heterocycles. The van der Waals surface area contributed by atoms with E-state index >= 15 is 0 Å². The summed E-state index contributed by atoms with van der Waals surface area (Å²) in [5.41, 5.74) is 7.70. The minimum absolute atomic E-state index is 0.786. The molecular weight excluding hydrogens is 224 g/mol. The normalized spacial score (nSPS) is 10.5. The molecule has 2 rings (SSSR count). The molecule has 0 amide bonds. The molecule has 1 aromatic heterocycles. The first-order chi connectivity index (χ1) is 8.90. The molecule has 1 aromatic carbocycles. The number of hydrogen-bond donors (Lipinski definition) is 2. The van der Waals surface area contributed by atoms with E-state index in [0.29, 0.717) is 0 Å². The fourth-order valence-corrected chi connectivity index (χ4v) is 1.90. The molecule has 3 heteroatoms. The van der Waals surface area contributed by atoms with E-state index in [1.54, 1.807) is 6.26 Å². The second-order valence-corrected chi connectivity index (χ2v) is 4.33. The van der Waals surface area contributed by atoms with Crippen LogP contribution in [0, 0.1) is 0 Å². The molecule has 96 valence electrons. The van der Waals surface area contributed by atoms with Crippen molar-refractivity contribution < 1.29 is 4.42 Å². The molecule has 0 saturated carbocycles. The molecule has 0 spiro atoms. The van der Waals surface area contributed by atoms with Crippen LogP contribution in [0.2, 0.25) is 0 Å². The summed E-state index contributed by atoms with van der Waals surface area (Å²) in [6.45, 7) is 1.77. The summed E-state index contributed by atoms with van der Waals surface area (Å²) in [5.74, 6) is 0.904. The lowest BCUT2D eigenvalue weighted by Crippen LogP contribution is -2.03. The Labute approximate surface area is 108 Å². The predicted molar refractivity (Wildman–Crippen MR) is 75.5 cm³/mol. The van der Waals surface area contributed by atoms with Crippen LogP contribution in [0.4, 0.5) is 5.69 Å². The standard InChI is InChI=1S/C15H20N2O/c16-9-2-1-3-10-17-14-7-4-6-13(12-14)15-8-5-11-18-15/h4-8,11-12,17H,1-3,9-10,16H2. The highest BCUT2D eigenvalue weighted by Crippen LogP contribution is 2.22. The lowest BCUT2D eigenvalue weighted by molar-refractivity contribution is 0.582. The predicted octanol–water partition coefficient (Wildman–Crippen LogP) is 3.49. The van der Waals surface area contributed by atoms with Gasteiger partial charge in [0.25, 0.3) is 0 Å². The number of nitrogens with one attached hydrogen (secondary N) is 1. The number of rotatable bonds is 7. The monoisotopic (exact) mass is 244 g/mol. The quantitative estimate of drug-likeness (QED) is 0.733. The van der Waals surface area contributed by atoms with E-state index in [2.05, 4.69) is 23.5 Å². The Balaban J connectivity index is 1.88. The molecule has 0 unspecified atom stereocenters. The Hall–Kier alpha value is -1.74.